The SMILES string of the molecule is CB1C=c2c(oc3ccccc23)=CN1N1C=CN(C)C1(C)C. The second-order valence-corrected chi connectivity index (χ2v) is 6.54. The van der Waals surface area contributed by atoms with E-state index in [1.54, 1.807) is 0 Å². The first-order chi connectivity index (χ1) is 10.5. The van der Waals surface area contributed by atoms with Crippen LogP contribution in [-0.2, 0) is 0 Å². The van der Waals surface area contributed by atoms with Gasteiger partial charge in [-0.25, -0.2) is 0 Å². The molecular formula is C17H20BN3O. The summed E-state index contributed by atoms with van der Waals surface area (Å²) >= 11 is 0. The normalized spacial score (nSPS) is 19.5. The van der Waals surface area contributed by atoms with Crippen molar-refractivity contribution in [2.45, 2.75) is 26.3 Å². The fourth-order valence-electron chi connectivity index (χ4n) is 3.21. The third kappa shape index (κ3) is 1.71. The molecule has 0 saturated heterocycles. The summed E-state index contributed by atoms with van der Waals surface area (Å²) in [5.41, 5.74) is 1.78. The van der Waals surface area contributed by atoms with E-state index in [4.69, 9.17) is 4.42 Å². The fraction of sp³-hybridized carbons (Fsp3) is 0.294. The van der Waals surface area contributed by atoms with Gasteiger partial charge < -0.3 is 14.2 Å². The number of furan rings is 1. The number of nitrogens with zero attached hydrogens (tertiary/aromatic N) is 3. The summed E-state index contributed by atoms with van der Waals surface area (Å²) in [6.45, 7) is 6.90. The van der Waals surface area contributed by atoms with E-state index in [9.17, 15) is 0 Å². The van der Waals surface area contributed by atoms with Crippen molar-refractivity contribution in [1.82, 2.24) is 14.8 Å². The standard InChI is InChI=1S/C17H20BN3O/c1-17(2)19(4)9-10-20(17)21-12-16-14(11-18(21)3)13-7-5-6-8-15(13)22-16/h5-12H,1-4H3. The van der Waals surface area contributed by atoms with Crippen LogP contribution in [0.15, 0.2) is 41.1 Å². The third-order valence-corrected chi connectivity index (χ3v) is 4.84. The van der Waals surface area contributed by atoms with Gasteiger partial charge in [0.15, 0.2) is 5.42 Å². The Morgan fingerprint density at radius 3 is 2.64 bits per heavy atom. The third-order valence-electron chi connectivity index (χ3n) is 4.84. The van der Waals surface area contributed by atoms with Gasteiger partial charge in [-0.1, -0.05) is 31.0 Å². The summed E-state index contributed by atoms with van der Waals surface area (Å²) in [6.07, 6.45) is 6.34. The number of hydrogen-bond acceptors (Lipinski definition) is 4. The van der Waals surface area contributed by atoms with Crippen molar-refractivity contribution in [2.24, 2.45) is 0 Å². The highest BCUT2D eigenvalue weighted by molar-refractivity contribution is 6.70. The Bertz CT molecular complexity index is 883. The van der Waals surface area contributed by atoms with E-state index in [1.165, 1.54) is 10.6 Å². The van der Waals surface area contributed by atoms with Gasteiger partial charge >= 0.3 is 6.85 Å². The van der Waals surface area contributed by atoms with Crippen LogP contribution in [0.4, 0.5) is 0 Å². The Kier molecular flexibility index (Phi) is 2.65. The molecule has 0 fully saturated rings. The molecule has 0 bridgehead atoms. The summed E-state index contributed by atoms with van der Waals surface area (Å²) in [5.74, 6) is 2.28. The molecule has 1 aromatic carbocycles. The Morgan fingerprint density at radius 2 is 1.91 bits per heavy atom. The molecule has 0 radical (unpaired) electrons. The minimum absolute atomic E-state index is 0.0951. The first-order valence-electron chi connectivity index (χ1n) is 7.68. The predicted octanol–water partition coefficient (Wildman–Crippen LogP) is 1.80. The van der Waals surface area contributed by atoms with Crippen LogP contribution < -0.4 is 10.6 Å². The van der Waals surface area contributed by atoms with Crippen molar-refractivity contribution in [2.75, 3.05) is 7.05 Å². The summed E-state index contributed by atoms with van der Waals surface area (Å²) in [4.78, 5) is 4.45. The second-order valence-electron chi connectivity index (χ2n) is 6.54. The quantitative estimate of drug-likeness (QED) is 0.748. The number of hydrazine groups is 1. The highest BCUT2D eigenvalue weighted by Crippen LogP contribution is 2.28. The number of hydrogen-bond donors (Lipinski definition) is 0. The van der Waals surface area contributed by atoms with Crippen molar-refractivity contribution in [3.63, 3.8) is 0 Å². The van der Waals surface area contributed by atoms with Crippen molar-refractivity contribution in [1.29, 1.82) is 0 Å². The molecule has 2 aromatic rings. The summed E-state index contributed by atoms with van der Waals surface area (Å²) in [6, 6.07) is 8.22. The molecule has 2 aliphatic heterocycles. The maximum atomic E-state index is 6.03. The van der Waals surface area contributed by atoms with Gasteiger partial charge in [-0.3, -0.25) is 5.01 Å². The molecule has 0 saturated carbocycles. The van der Waals surface area contributed by atoms with Gasteiger partial charge in [0.2, 0.25) is 0 Å². The highest BCUT2D eigenvalue weighted by atomic mass is 16.3. The van der Waals surface area contributed by atoms with E-state index in [2.05, 4.69) is 79.3 Å². The number of rotatable bonds is 1. The largest absolute Gasteiger partial charge is 0.455 e. The molecule has 0 aliphatic carbocycles. The summed E-state index contributed by atoms with van der Waals surface area (Å²) in [7, 11) is 2.10. The topological polar surface area (TPSA) is 22.9 Å². The number of para-hydroxylation sites is 1. The zero-order chi connectivity index (χ0) is 15.5. The Balaban J connectivity index is 1.86. The van der Waals surface area contributed by atoms with Gasteiger partial charge in [0, 0.05) is 30.1 Å². The Labute approximate surface area is 130 Å². The molecule has 0 N–H and O–H groups in total. The van der Waals surface area contributed by atoms with Crippen LogP contribution in [0.25, 0.3) is 23.1 Å². The molecule has 22 heavy (non-hydrogen) atoms. The molecule has 0 spiro atoms. The molecule has 5 heteroatoms. The van der Waals surface area contributed by atoms with Gasteiger partial charge in [-0.05, 0) is 19.9 Å². The number of benzene rings is 1. The molecule has 4 rings (SSSR count). The smallest absolute Gasteiger partial charge is 0.304 e. The highest BCUT2D eigenvalue weighted by Gasteiger charge is 2.37. The van der Waals surface area contributed by atoms with Crippen LogP contribution in [0.3, 0.4) is 0 Å². The molecule has 2 aliphatic rings. The van der Waals surface area contributed by atoms with Crippen molar-refractivity contribution in [3.8, 4) is 0 Å². The lowest BCUT2D eigenvalue weighted by Crippen LogP contribution is -2.58. The van der Waals surface area contributed by atoms with Gasteiger partial charge in [-0.2, -0.15) is 0 Å². The van der Waals surface area contributed by atoms with Crippen molar-refractivity contribution in [3.05, 3.63) is 47.3 Å². The molecule has 0 atom stereocenters. The van der Waals surface area contributed by atoms with E-state index < -0.39 is 0 Å². The molecule has 0 unspecified atom stereocenters. The fourth-order valence-corrected chi connectivity index (χ4v) is 3.21. The summed E-state index contributed by atoms with van der Waals surface area (Å²) < 4.78 is 6.03. The van der Waals surface area contributed by atoms with Gasteiger partial charge in [0.05, 0.1) is 6.20 Å². The Morgan fingerprint density at radius 1 is 1.14 bits per heavy atom. The lowest BCUT2D eigenvalue weighted by molar-refractivity contribution is -0.00115. The average molecular weight is 293 g/mol. The summed E-state index contributed by atoms with van der Waals surface area (Å²) in [5, 5.41) is 4.65. The monoisotopic (exact) mass is 293 g/mol. The van der Waals surface area contributed by atoms with Crippen LogP contribution in [-0.4, -0.2) is 34.4 Å². The first kappa shape index (κ1) is 13.4. The minimum Gasteiger partial charge on any atom is -0.455 e. The van der Waals surface area contributed by atoms with Crippen molar-refractivity contribution >= 4 is 30.0 Å². The van der Waals surface area contributed by atoms with E-state index >= 15 is 0 Å². The molecule has 4 nitrogen and oxygen atoms in total. The Hall–Kier alpha value is -2.30. The van der Waals surface area contributed by atoms with Crippen LogP contribution in [0.5, 0.6) is 0 Å². The van der Waals surface area contributed by atoms with E-state index in [0.29, 0.717) is 0 Å². The molecule has 112 valence electrons. The zero-order valence-corrected chi connectivity index (χ0v) is 13.4. The molecular weight excluding hydrogens is 273 g/mol. The van der Waals surface area contributed by atoms with Crippen LogP contribution in [0.1, 0.15) is 13.8 Å². The average Bonchev–Trinajstić information content (AvgIpc) is 2.96. The van der Waals surface area contributed by atoms with Gasteiger partial charge in [0.1, 0.15) is 11.2 Å². The van der Waals surface area contributed by atoms with E-state index in [0.717, 1.165) is 11.0 Å². The van der Waals surface area contributed by atoms with Crippen LogP contribution >= 0.6 is 0 Å². The maximum absolute atomic E-state index is 6.03. The predicted molar refractivity (Wildman–Crippen MR) is 90.7 cm³/mol. The van der Waals surface area contributed by atoms with Crippen LogP contribution in [0.2, 0.25) is 6.82 Å². The van der Waals surface area contributed by atoms with Gasteiger partial charge in [0.25, 0.3) is 0 Å². The maximum Gasteiger partial charge on any atom is 0.304 e. The first-order valence-corrected chi connectivity index (χ1v) is 7.68. The lowest BCUT2D eigenvalue weighted by Gasteiger charge is -2.45. The lowest BCUT2D eigenvalue weighted by atomic mass is 9.62. The van der Waals surface area contributed by atoms with Crippen molar-refractivity contribution < 1.29 is 4.42 Å². The second kappa shape index (κ2) is 4.35. The van der Waals surface area contributed by atoms with E-state index in [1.807, 2.05) is 12.1 Å². The van der Waals surface area contributed by atoms with Gasteiger partial charge in [-0.15, -0.1) is 0 Å². The minimum atomic E-state index is -0.0951. The molecule has 3 heterocycles. The molecule has 0 amide bonds. The molecule has 1 aromatic heterocycles. The van der Waals surface area contributed by atoms with Crippen LogP contribution in [0, 0.1) is 0 Å². The zero-order valence-electron chi connectivity index (χ0n) is 13.4. The van der Waals surface area contributed by atoms with E-state index in [-0.39, 0.29) is 12.5 Å². The number of fused-ring (bicyclic) bond motifs is 3.